The van der Waals surface area contributed by atoms with Gasteiger partial charge in [0.2, 0.25) is 0 Å². The quantitative estimate of drug-likeness (QED) is 0.592. The summed E-state index contributed by atoms with van der Waals surface area (Å²) in [6.45, 7) is 17.8. The maximum absolute atomic E-state index is 4.45. The second-order valence-corrected chi connectivity index (χ2v) is 5.33. The van der Waals surface area contributed by atoms with Gasteiger partial charge in [-0.25, -0.2) is 0 Å². The molecule has 0 aromatic heterocycles. The van der Waals surface area contributed by atoms with E-state index in [2.05, 4.69) is 19.9 Å². The molecule has 0 fully saturated rings. The third-order valence-corrected chi connectivity index (χ3v) is 2.53. The predicted octanol–water partition coefficient (Wildman–Crippen LogP) is 2.73. The van der Waals surface area contributed by atoms with E-state index in [4.69, 9.17) is 0 Å². The average molecular weight is 266 g/mol. The summed E-state index contributed by atoms with van der Waals surface area (Å²) in [5.74, 6) is 0. The normalized spacial score (nSPS) is 10.3. The molecule has 0 radical (unpaired) electrons. The lowest BCUT2D eigenvalue weighted by Gasteiger charge is -2.19. The summed E-state index contributed by atoms with van der Waals surface area (Å²) < 4.78 is 0. The molecule has 0 aromatic carbocycles. The SMILES string of the molecule is CC(C)=NCCN(CCN=C(C)C)CCN=C(C)C. The van der Waals surface area contributed by atoms with Crippen molar-refractivity contribution < 1.29 is 0 Å². The van der Waals surface area contributed by atoms with E-state index in [1.54, 1.807) is 0 Å². The van der Waals surface area contributed by atoms with Crippen LogP contribution in [-0.4, -0.2) is 61.3 Å². The molecule has 0 aromatic rings. The topological polar surface area (TPSA) is 40.3 Å². The van der Waals surface area contributed by atoms with Gasteiger partial charge in [-0.15, -0.1) is 0 Å². The summed E-state index contributed by atoms with van der Waals surface area (Å²) in [6.07, 6.45) is 0. The Morgan fingerprint density at radius 1 is 0.579 bits per heavy atom. The van der Waals surface area contributed by atoms with Crippen LogP contribution < -0.4 is 0 Å². The number of hydrogen-bond acceptors (Lipinski definition) is 4. The van der Waals surface area contributed by atoms with Crippen molar-refractivity contribution in [1.82, 2.24) is 4.90 Å². The first-order valence-corrected chi connectivity index (χ1v) is 7.07. The molecule has 0 aliphatic heterocycles. The average Bonchev–Trinajstić information content (AvgIpc) is 2.26. The number of rotatable bonds is 9. The molecule has 0 unspecified atom stereocenters. The van der Waals surface area contributed by atoms with E-state index in [0.29, 0.717) is 0 Å². The molecule has 0 aliphatic rings. The van der Waals surface area contributed by atoms with Gasteiger partial charge in [0.05, 0.1) is 19.6 Å². The van der Waals surface area contributed by atoms with Crippen LogP contribution in [-0.2, 0) is 0 Å². The first-order chi connectivity index (χ1) is 8.91. The molecule has 4 heteroatoms. The van der Waals surface area contributed by atoms with Gasteiger partial charge < -0.3 is 0 Å². The van der Waals surface area contributed by atoms with Gasteiger partial charge >= 0.3 is 0 Å². The second kappa shape index (κ2) is 10.9. The van der Waals surface area contributed by atoms with Gasteiger partial charge in [-0.1, -0.05) is 0 Å². The van der Waals surface area contributed by atoms with Crippen molar-refractivity contribution in [2.75, 3.05) is 39.3 Å². The number of aliphatic imine (C=N–C) groups is 3. The van der Waals surface area contributed by atoms with Gasteiger partial charge in [0.25, 0.3) is 0 Å². The zero-order chi connectivity index (χ0) is 14.7. The molecule has 0 bridgehead atoms. The monoisotopic (exact) mass is 266 g/mol. The highest BCUT2D eigenvalue weighted by Crippen LogP contribution is 1.92. The van der Waals surface area contributed by atoms with Crippen molar-refractivity contribution in [2.45, 2.75) is 41.5 Å². The van der Waals surface area contributed by atoms with E-state index >= 15 is 0 Å². The summed E-state index contributed by atoms with van der Waals surface area (Å²) in [4.78, 5) is 15.8. The lowest BCUT2D eigenvalue weighted by atomic mass is 10.4. The first-order valence-electron chi connectivity index (χ1n) is 7.07. The van der Waals surface area contributed by atoms with Crippen LogP contribution in [0.15, 0.2) is 15.0 Å². The minimum Gasteiger partial charge on any atom is -0.298 e. The van der Waals surface area contributed by atoms with Crippen LogP contribution in [0.2, 0.25) is 0 Å². The fraction of sp³-hybridized carbons (Fsp3) is 0.800. The number of nitrogens with zero attached hydrogens (tertiary/aromatic N) is 4. The van der Waals surface area contributed by atoms with E-state index in [1.807, 2.05) is 41.5 Å². The Morgan fingerprint density at radius 3 is 1.05 bits per heavy atom. The Labute approximate surface area is 118 Å². The minimum absolute atomic E-state index is 0.867. The highest BCUT2D eigenvalue weighted by Gasteiger charge is 2.03. The molecule has 0 rings (SSSR count). The lowest BCUT2D eigenvalue weighted by Crippen LogP contribution is -2.32. The standard InChI is InChI=1S/C15H30N4/c1-13(2)16-7-10-19(11-8-17-14(3)4)12-9-18-15(5)6/h7-12H2,1-6H3. The zero-order valence-electron chi connectivity index (χ0n) is 13.5. The molecule has 0 aliphatic carbocycles. The summed E-state index contributed by atoms with van der Waals surface area (Å²) in [5.41, 5.74) is 3.43. The largest absolute Gasteiger partial charge is 0.298 e. The maximum Gasteiger partial charge on any atom is 0.0515 e. The van der Waals surface area contributed by atoms with E-state index in [0.717, 1.165) is 56.4 Å². The van der Waals surface area contributed by atoms with E-state index < -0.39 is 0 Å². The van der Waals surface area contributed by atoms with Gasteiger partial charge in [-0.3, -0.25) is 19.9 Å². The maximum atomic E-state index is 4.45. The molecular formula is C15H30N4. The van der Waals surface area contributed by atoms with Crippen LogP contribution in [0.1, 0.15) is 41.5 Å². The predicted molar refractivity (Wildman–Crippen MR) is 87.4 cm³/mol. The molecule has 0 saturated heterocycles. The third kappa shape index (κ3) is 13.2. The van der Waals surface area contributed by atoms with E-state index in [1.165, 1.54) is 0 Å². The smallest absolute Gasteiger partial charge is 0.0515 e. The summed E-state index contributed by atoms with van der Waals surface area (Å²) in [6, 6.07) is 0. The van der Waals surface area contributed by atoms with Crippen molar-refractivity contribution in [3.05, 3.63) is 0 Å². The van der Waals surface area contributed by atoms with Crippen LogP contribution in [0.3, 0.4) is 0 Å². The molecule has 0 amide bonds. The van der Waals surface area contributed by atoms with Crippen molar-refractivity contribution in [3.8, 4) is 0 Å². The van der Waals surface area contributed by atoms with Crippen LogP contribution in [0.4, 0.5) is 0 Å². The van der Waals surface area contributed by atoms with Crippen LogP contribution >= 0.6 is 0 Å². The van der Waals surface area contributed by atoms with E-state index in [-0.39, 0.29) is 0 Å². The summed E-state index contributed by atoms with van der Waals surface area (Å²) in [5, 5.41) is 0. The van der Waals surface area contributed by atoms with Crippen LogP contribution in [0.25, 0.3) is 0 Å². The summed E-state index contributed by atoms with van der Waals surface area (Å²) in [7, 11) is 0. The Hall–Kier alpha value is -1.03. The van der Waals surface area contributed by atoms with Gasteiger partial charge in [-0.05, 0) is 41.5 Å². The fourth-order valence-electron chi connectivity index (χ4n) is 1.58. The third-order valence-electron chi connectivity index (χ3n) is 2.53. The highest BCUT2D eigenvalue weighted by atomic mass is 15.1. The molecule has 0 N–H and O–H groups in total. The second-order valence-electron chi connectivity index (χ2n) is 5.33. The first kappa shape index (κ1) is 18.0. The van der Waals surface area contributed by atoms with Crippen LogP contribution in [0.5, 0.6) is 0 Å². The molecule has 110 valence electrons. The van der Waals surface area contributed by atoms with Gasteiger partial charge in [-0.2, -0.15) is 0 Å². The summed E-state index contributed by atoms with van der Waals surface area (Å²) >= 11 is 0. The Kier molecular flexibility index (Phi) is 10.3. The molecular weight excluding hydrogens is 236 g/mol. The lowest BCUT2D eigenvalue weighted by molar-refractivity contribution is 0.298. The molecule has 0 heterocycles. The molecule has 0 atom stereocenters. The van der Waals surface area contributed by atoms with Crippen molar-refractivity contribution in [2.24, 2.45) is 15.0 Å². The Balaban J connectivity index is 4.17. The molecule has 4 nitrogen and oxygen atoms in total. The minimum atomic E-state index is 0.867. The molecule has 19 heavy (non-hydrogen) atoms. The Morgan fingerprint density at radius 2 is 0.842 bits per heavy atom. The van der Waals surface area contributed by atoms with Crippen molar-refractivity contribution in [1.29, 1.82) is 0 Å². The molecule has 0 saturated carbocycles. The Bertz CT molecular complexity index is 265. The zero-order valence-corrected chi connectivity index (χ0v) is 13.5. The number of hydrogen-bond donors (Lipinski definition) is 0. The van der Waals surface area contributed by atoms with Crippen LogP contribution in [0, 0.1) is 0 Å². The van der Waals surface area contributed by atoms with Gasteiger partial charge in [0.15, 0.2) is 0 Å². The van der Waals surface area contributed by atoms with Crippen molar-refractivity contribution in [3.63, 3.8) is 0 Å². The highest BCUT2D eigenvalue weighted by molar-refractivity contribution is 5.79. The van der Waals surface area contributed by atoms with Gasteiger partial charge in [0.1, 0.15) is 0 Å². The van der Waals surface area contributed by atoms with E-state index in [9.17, 15) is 0 Å². The fourth-order valence-corrected chi connectivity index (χ4v) is 1.58. The van der Waals surface area contributed by atoms with Crippen molar-refractivity contribution >= 4 is 17.1 Å². The molecule has 0 spiro atoms. The van der Waals surface area contributed by atoms with Gasteiger partial charge in [0, 0.05) is 36.8 Å².